The third kappa shape index (κ3) is 5.05. The summed E-state index contributed by atoms with van der Waals surface area (Å²) in [5, 5.41) is 11.5. The van der Waals surface area contributed by atoms with Crippen molar-refractivity contribution >= 4 is 18.0 Å². The van der Waals surface area contributed by atoms with E-state index in [0.29, 0.717) is 17.1 Å². The van der Waals surface area contributed by atoms with Gasteiger partial charge < -0.3 is 24.3 Å². The first-order valence-corrected chi connectivity index (χ1v) is 8.43. The first kappa shape index (κ1) is 21.3. The smallest absolute Gasteiger partial charge is 0.343 e. The molecule has 0 unspecified atom stereocenters. The van der Waals surface area contributed by atoms with Crippen molar-refractivity contribution in [1.29, 1.82) is 5.26 Å². The van der Waals surface area contributed by atoms with Crippen molar-refractivity contribution in [2.24, 2.45) is 0 Å². The van der Waals surface area contributed by atoms with Gasteiger partial charge in [-0.1, -0.05) is 6.07 Å². The van der Waals surface area contributed by atoms with Gasteiger partial charge in [-0.2, -0.15) is 5.26 Å². The molecule has 0 aromatic heterocycles. The molecule has 1 N–H and O–H groups in total. The maximum absolute atomic E-state index is 12.5. The molecular formula is C21H20N2O6. The minimum Gasteiger partial charge on any atom is -0.493 e. The van der Waals surface area contributed by atoms with Gasteiger partial charge >= 0.3 is 5.97 Å². The van der Waals surface area contributed by atoms with Crippen LogP contribution in [0.1, 0.15) is 15.9 Å². The van der Waals surface area contributed by atoms with Crippen LogP contribution in [0.4, 0.5) is 0 Å². The summed E-state index contributed by atoms with van der Waals surface area (Å²) in [5.74, 6) is 0.213. The van der Waals surface area contributed by atoms with Gasteiger partial charge in [0.05, 0.1) is 26.9 Å². The Morgan fingerprint density at radius 2 is 1.55 bits per heavy atom. The second-order valence-electron chi connectivity index (χ2n) is 5.62. The molecular weight excluding hydrogens is 376 g/mol. The van der Waals surface area contributed by atoms with Crippen molar-refractivity contribution < 1.29 is 28.5 Å². The predicted molar refractivity (Wildman–Crippen MR) is 105 cm³/mol. The lowest BCUT2D eigenvalue weighted by molar-refractivity contribution is -0.116. The van der Waals surface area contributed by atoms with Crippen LogP contribution in [-0.4, -0.2) is 40.3 Å². The summed E-state index contributed by atoms with van der Waals surface area (Å²) in [6.07, 6.45) is 1.40. The van der Waals surface area contributed by atoms with Gasteiger partial charge in [-0.05, 0) is 42.0 Å². The van der Waals surface area contributed by atoms with Crippen LogP contribution in [0.5, 0.6) is 23.0 Å². The topological polar surface area (TPSA) is 107 Å². The highest BCUT2D eigenvalue weighted by Crippen LogP contribution is 2.31. The van der Waals surface area contributed by atoms with Gasteiger partial charge in [0.1, 0.15) is 11.6 Å². The van der Waals surface area contributed by atoms with E-state index < -0.39 is 11.9 Å². The lowest BCUT2D eigenvalue weighted by atomic mass is 10.1. The number of likely N-dealkylation sites (N-methyl/N-ethyl adjacent to an activating group) is 1. The van der Waals surface area contributed by atoms with Gasteiger partial charge in [0.2, 0.25) is 0 Å². The molecule has 0 saturated carbocycles. The number of nitriles is 1. The van der Waals surface area contributed by atoms with Crippen molar-refractivity contribution in [3.63, 3.8) is 0 Å². The van der Waals surface area contributed by atoms with Crippen molar-refractivity contribution in [3.05, 3.63) is 53.1 Å². The molecule has 0 aliphatic rings. The Kier molecular flexibility index (Phi) is 7.20. The molecule has 8 heteroatoms. The van der Waals surface area contributed by atoms with Crippen LogP contribution in [0.3, 0.4) is 0 Å². The number of esters is 1. The lowest BCUT2D eigenvalue weighted by Crippen LogP contribution is -2.19. The van der Waals surface area contributed by atoms with E-state index in [1.54, 1.807) is 24.3 Å². The Morgan fingerprint density at radius 1 is 0.931 bits per heavy atom. The van der Waals surface area contributed by atoms with E-state index in [1.165, 1.54) is 46.6 Å². The zero-order valence-corrected chi connectivity index (χ0v) is 16.4. The molecule has 0 saturated heterocycles. The molecule has 2 aromatic carbocycles. The summed E-state index contributed by atoms with van der Waals surface area (Å²) in [6.45, 7) is 0. The standard InChI is InChI=1S/C21H20N2O6/c1-23-20(24)15(12-22)9-13-5-7-17(18(10-13)27-3)29-21(25)14-6-8-16(26-2)19(11-14)28-4/h5-11H,1-4H3,(H,23,24)/b15-9+. The molecule has 0 fully saturated rings. The molecule has 0 atom stereocenters. The number of nitrogens with zero attached hydrogens (tertiary/aromatic N) is 1. The van der Waals surface area contributed by atoms with E-state index in [9.17, 15) is 9.59 Å². The van der Waals surface area contributed by atoms with Crippen LogP contribution in [0.15, 0.2) is 42.0 Å². The van der Waals surface area contributed by atoms with Crippen molar-refractivity contribution in [1.82, 2.24) is 5.32 Å². The van der Waals surface area contributed by atoms with Gasteiger partial charge in [-0.15, -0.1) is 0 Å². The highest BCUT2D eigenvalue weighted by Gasteiger charge is 2.16. The molecule has 150 valence electrons. The summed E-state index contributed by atoms with van der Waals surface area (Å²) in [6, 6.07) is 11.2. The molecule has 1 amide bonds. The van der Waals surface area contributed by atoms with Crippen LogP contribution in [0.2, 0.25) is 0 Å². The molecule has 0 aliphatic heterocycles. The number of amides is 1. The fourth-order valence-electron chi connectivity index (χ4n) is 2.43. The largest absolute Gasteiger partial charge is 0.493 e. The average molecular weight is 396 g/mol. The Labute approximate surface area is 168 Å². The minimum atomic E-state index is -0.615. The summed E-state index contributed by atoms with van der Waals surface area (Å²) in [5.41, 5.74) is 0.734. The number of nitrogens with one attached hydrogen (secondary N) is 1. The SMILES string of the molecule is CNC(=O)/C(C#N)=C/c1ccc(OC(=O)c2ccc(OC)c(OC)c2)c(OC)c1. The molecule has 0 radical (unpaired) electrons. The zero-order chi connectivity index (χ0) is 21.4. The maximum atomic E-state index is 12.5. The Morgan fingerprint density at radius 3 is 2.14 bits per heavy atom. The molecule has 2 rings (SSSR count). The summed E-state index contributed by atoms with van der Waals surface area (Å²) < 4.78 is 21.0. The molecule has 8 nitrogen and oxygen atoms in total. The number of methoxy groups -OCH3 is 3. The van der Waals surface area contributed by atoms with E-state index in [-0.39, 0.29) is 22.6 Å². The molecule has 0 heterocycles. The third-order valence-electron chi connectivity index (χ3n) is 3.91. The number of hydrogen-bond donors (Lipinski definition) is 1. The zero-order valence-electron chi connectivity index (χ0n) is 16.4. The van der Waals surface area contributed by atoms with Crippen LogP contribution in [-0.2, 0) is 4.79 Å². The number of ether oxygens (including phenoxy) is 4. The number of rotatable bonds is 7. The first-order valence-electron chi connectivity index (χ1n) is 8.43. The second-order valence-corrected chi connectivity index (χ2v) is 5.62. The lowest BCUT2D eigenvalue weighted by Gasteiger charge is -2.12. The summed E-state index contributed by atoms with van der Waals surface area (Å²) >= 11 is 0. The van der Waals surface area contributed by atoms with Crippen molar-refractivity contribution in [3.8, 4) is 29.1 Å². The minimum absolute atomic E-state index is 0.0652. The van der Waals surface area contributed by atoms with Gasteiger partial charge in [0.25, 0.3) is 5.91 Å². The van der Waals surface area contributed by atoms with E-state index in [0.717, 1.165) is 0 Å². The van der Waals surface area contributed by atoms with E-state index >= 15 is 0 Å². The molecule has 0 bridgehead atoms. The fraction of sp³-hybridized carbons (Fsp3) is 0.190. The van der Waals surface area contributed by atoms with Gasteiger partial charge in [-0.25, -0.2) is 4.79 Å². The number of benzene rings is 2. The summed E-state index contributed by atoms with van der Waals surface area (Å²) in [7, 11) is 5.82. The number of hydrogen-bond acceptors (Lipinski definition) is 7. The Bertz CT molecular complexity index is 991. The van der Waals surface area contributed by atoms with E-state index in [1.807, 2.05) is 6.07 Å². The average Bonchev–Trinajstić information content (AvgIpc) is 2.76. The van der Waals surface area contributed by atoms with Crippen molar-refractivity contribution in [2.75, 3.05) is 28.4 Å². The van der Waals surface area contributed by atoms with Crippen LogP contribution >= 0.6 is 0 Å². The normalized spacial score (nSPS) is 10.5. The quantitative estimate of drug-likeness (QED) is 0.332. The molecule has 2 aromatic rings. The van der Waals surface area contributed by atoms with Gasteiger partial charge in [-0.3, -0.25) is 4.79 Å². The fourth-order valence-corrected chi connectivity index (χ4v) is 2.43. The van der Waals surface area contributed by atoms with Crippen LogP contribution < -0.4 is 24.3 Å². The van der Waals surface area contributed by atoms with Crippen molar-refractivity contribution in [2.45, 2.75) is 0 Å². The first-order chi connectivity index (χ1) is 14.0. The third-order valence-corrected chi connectivity index (χ3v) is 3.91. The monoisotopic (exact) mass is 396 g/mol. The predicted octanol–water partition coefficient (Wildman–Crippen LogP) is 2.58. The maximum Gasteiger partial charge on any atom is 0.343 e. The molecule has 0 aliphatic carbocycles. The second kappa shape index (κ2) is 9.80. The summed E-state index contributed by atoms with van der Waals surface area (Å²) in [4.78, 5) is 24.2. The highest BCUT2D eigenvalue weighted by molar-refractivity contribution is 6.01. The number of carbonyl (C=O) groups is 2. The van der Waals surface area contributed by atoms with Gasteiger partial charge in [0.15, 0.2) is 23.0 Å². The van der Waals surface area contributed by atoms with Crippen LogP contribution in [0, 0.1) is 11.3 Å². The number of carbonyl (C=O) groups excluding carboxylic acids is 2. The highest BCUT2D eigenvalue weighted by atomic mass is 16.6. The van der Waals surface area contributed by atoms with E-state index in [4.69, 9.17) is 24.2 Å². The van der Waals surface area contributed by atoms with Crippen LogP contribution in [0.25, 0.3) is 6.08 Å². The Balaban J connectivity index is 2.30. The van der Waals surface area contributed by atoms with Gasteiger partial charge in [0, 0.05) is 7.05 Å². The molecule has 29 heavy (non-hydrogen) atoms. The Hall–Kier alpha value is -3.99. The van der Waals surface area contributed by atoms with E-state index in [2.05, 4.69) is 5.32 Å². The molecule has 0 spiro atoms.